The largest absolute Gasteiger partial charge is 0.495 e. The van der Waals surface area contributed by atoms with Crippen LogP contribution in [0.1, 0.15) is 32.3 Å². The molecule has 0 radical (unpaired) electrons. The Morgan fingerprint density at radius 3 is 2.75 bits per heavy atom. The third-order valence-corrected chi connectivity index (χ3v) is 6.08. The standard InChI is InChI=1S/C19H29ClN2O2/c1-12(2)18-19(11-22(18)3)8-15(16(23)9-19)21-10-13-5-6-17(24-4)14(20)7-13/h5-7,12,15-16,18,21,23H,8-11H2,1-4H3/t15-,16-,18?,19?/m1/s1. The Morgan fingerprint density at radius 2 is 2.17 bits per heavy atom. The number of aliphatic hydroxyl groups is 1. The first-order valence-corrected chi connectivity index (χ1v) is 9.18. The highest BCUT2D eigenvalue weighted by atomic mass is 35.5. The minimum atomic E-state index is -0.270. The maximum atomic E-state index is 10.6. The van der Waals surface area contributed by atoms with Gasteiger partial charge in [0.05, 0.1) is 18.2 Å². The molecule has 1 aromatic carbocycles. The van der Waals surface area contributed by atoms with E-state index in [4.69, 9.17) is 16.3 Å². The van der Waals surface area contributed by atoms with E-state index in [1.807, 2.05) is 18.2 Å². The molecule has 134 valence electrons. The van der Waals surface area contributed by atoms with Gasteiger partial charge in [-0.1, -0.05) is 31.5 Å². The summed E-state index contributed by atoms with van der Waals surface area (Å²) in [6.07, 6.45) is 1.68. The van der Waals surface area contributed by atoms with E-state index in [1.54, 1.807) is 7.11 Å². The zero-order valence-electron chi connectivity index (χ0n) is 15.1. The summed E-state index contributed by atoms with van der Waals surface area (Å²) in [5.74, 6) is 1.31. The third kappa shape index (κ3) is 3.17. The second-order valence-corrected chi connectivity index (χ2v) is 8.31. The number of methoxy groups -OCH3 is 1. The number of benzene rings is 1. The molecule has 2 aliphatic rings. The lowest BCUT2D eigenvalue weighted by molar-refractivity contribution is -0.0828. The highest BCUT2D eigenvalue weighted by Gasteiger charge is 2.57. The van der Waals surface area contributed by atoms with Crippen molar-refractivity contribution in [3.63, 3.8) is 0 Å². The normalized spacial score (nSPS) is 33.2. The predicted molar refractivity (Wildman–Crippen MR) is 97.6 cm³/mol. The predicted octanol–water partition coefficient (Wildman–Crippen LogP) is 2.92. The van der Waals surface area contributed by atoms with Crippen LogP contribution in [0.3, 0.4) is 0 Å². The van der Waals surface area contributed by atoms with Crippen LogP contribution in [0.25, 0.3) is 0 Å². The zero-order chi connectivity index (χ0) is 17.5. The van der Waals surface area contributed by atoms with Gasteiger partial charge in [0.2, 0.25) is 0 Å². The first-order valence-electron chi connectivity index (χ1n) is 8.80. The van der Waals surface area contributed by atoms with Crippen LogP contribution in [-0.4, -0.2) is 48.9 Å². The molecule has 2 fully saturated rings. The van der Waals surface area contributed by atoms with Crippen molar-refractivity contribution in [3.05, 3.63) is 28.8 Å². The smallest absolute Gasteiger partial charge is 0.137 e. The minimum Gasteiger partial charge on any atom is -0.495 e. The molecule has 1 aromatic rings. The van der Waals surface area contributed by atoms with Crippen LogP contribution in [0.15, 0.2) is 18.2 Å². The molecule has 0 bridgehead atoms. The van der Waals surface area contributed by atoms with Gasteiger partial charge in [-0.15, -0.1) is 0 Å². The number of ether oxygens (including phenoxy) is 1. The number of likely N-dealkylation sites (tertiary alicyclic amines) is 1. The summed E-state index contributed by atoms with van der Waals surface area (Å²) in [7, 11) is 3.82. The quantitative estimate of drug-likeness (QED) is 0.855. The van der Waals surface area contributed by atoms with Crippen LogP contribution >= 0.6 is 11.6 Å². The Balaban J connectivity index is 1.62. The molecule has 1 aliphatic heterocycles. The van der Waals surface area contributed by atoms with Gasteiger partial charge in [-0.25, -0.2) is 0 Å². The Morgan fingerprint density at radius 1 is 1.42 bits per heavy atom. The summed E-state index contributed by atoms with van der Waals surface area (Å²) in [5.41, 5.74) is 1.39. The Bertz CT molecular complexity index is 590. The van der Waals surface area contributed by atoms with E-state index in [-0.39, 0.29) is 17.6 Å². The first kappa shape index (κ1) is 18.0. The Kier molecular flexibility index (Phi) is 5.12. The van der Waals surface area contributed by atoms with Crippen molar-refractivity contribution in [2.45, 2.75) is 51.4 Å². The summed E-state index contributed by atoms with van der Waals surface area (Å²) in [6.45, 7) is 6.38. The molecule has 4 nitrogen and oxygen atoms in total. The van der Waals surface area contributed by atoms with Crippen molar-refractivity contribution < 1.29 is 9.84 Å². The molecule has 1 spiro atoms. The molecule has 0 aromatic heterocycles. The van der Waals surface area contributed by atoms with Crippen LogP contribution in [0.5, 0.6) is 5.75 Å². The second kappa shape index (κ2) is 6.83. The highest BCUT2D eigenvalue weighted by molar-refractivity contribution is 6.32. The van der Waals surface area contributed by atoms with E-state index in [2.05, 4.69) is 31.1 Å². The molecule has 1 heterocycles. The SMILES string of the molecule is COc1ccc(CN[C@@H]2CC3(C[C@H]2O)CN(C)C3C(C)C)cc1Cl. The summed E-state index contributed by atoms with van der Waals surface area (Å²) < 4.78 is 5.19. The van der Waals surface area contributed by atoms with Gasteiger partial charge in [0.1, 0.15) is 5.75 Å². The average molecular weight is 353 g/mol. The maximum Gasteiger partial charge on any atom is 0.137 e. The van der Waals surface area contributed by atoms with Crippen LogP contribution in [0.2, 0.25) is 5.02 Å². The van der Waals surface area contributed by atoms with Crippen molar-refractivity contribution >= 4 is 11.6 Å². The van der Waals surface area contributed by atoms with Crippen molar-refractivity contribution in [2.24, 2.45) is 11.3 Å². The average Bonchev–Trinajstić information content (AvgIpc) is 2.82. The summed E-state index contributed by atoms with van der Waals surface area (Å²) in [6, 6.07) is 6.57. The van der Waals surface area contributed by atoms with E-state index < -0.39 is 0 Å². The van der Waals surface area contributed by atoms with Gasteiger partial charge >= 0.3 is 0 Å². The lowest BCUT2D eigenvalue weighted by Gasteiger charge is -2.57. The molecule has 3 rings (SSSR count). The van der Waals surface area contributed by atoms with Gasteiger partial charge in [0.25, 0.3) is 0 Å². The number of rotatable bonds is 5. The highest BCUT2D eigenvalue weighted by Crippen LogP contribution is 2.52. The molecule has 4 atom stereocenters. The fraction of sp³-hybridized carbons (Fsp3) is 0.684. The Labute approximate surface area is 150 Å². The molecule has 1 saturated carbocycles. The molecule has 1 aliphatic carbocycles. The fourth-order valence-corrected chi connectivity index (χ4v) is 5.40. The first-order chi connectivity index (χ1) is 11.4. The van der Waals surface area contributed by atoms with E-state index in [9.17, 15) is 5.11 Å². The van der Waals surface area contributed by atoms with Crippen LogP contribution in [-0.2, 0) is 6.54 Å². The molecule has 2 N–H and O–H groups in total. The van der Waals surface area contributed by atoms with Gasteiger partial charge in [-0.2, -0.15) is 0 Å². The minimum absolute atomic E-state index is 0.154. The molecular formula is C19H29ClN2O2. The van der Waals surface area contributed by atoms with E-state index in [0.29, 0.717) is 29.3 Å². The van der Waals surface area contributed by atoms with Gasteiger partial charge in [0, 0.05) is 30.6 Å². The number of nitrogens with one attached hydrogen (secondary N) is 1. The van der Waals surface area contributed by atoms with E-state index in [0.717, 1.165) is 24.9 Å². The van der Waals surface area contributed by atoms with E-state index >= 15 is 0 Å². The maximum absolute atomic E-state index is 10.6. The van der Waals surface area contributed by atoms with Crippen LogP contribution < -0.4 is 10.1 Å². The van der Waals surface area contributed by atoms with Gasteiger partial charge in [0.15, 0.2) is 0 Å². The summed E-state index contributed by atoms with van der Waals surface area (Å²) in [5, 5.41) is 14.7. The van der Waals surface area contributed by atoms with Crippen molar-refractivity contribution in [3.8, 4) is 5.75 Å². The molecule has 1 saturated heterocycles. The van der Waals surface area contributed by atoms with Gasteiger partial charge in [-0.3, -0.25) is 0 Å². The number of halogens is 1. The van der Waals surface area contributed by atoms with E-state index in [1.165, 1.54) is 0 Å². The number of hydrogen-bond acceptors (Lipinski definition) is 4. The van der Waals surface area contributed by atoms with Gasteiger partial charge in [-0.05, 0) is 43.5 Å². The fourth-order valence-electron chi connectivity index (χ4n) is 5.12. The lowest BCUT2D eigenvalue weighted by Crippen LogP contribution is -2.64. The topological polar surface area (TPSA) is 44.7 Å². The molecule has 0 amide bonds. The molecular weight excluding hydrogens is 324 g/mol. The van der Waals surface area contributed by atoms with Crippen LogP contribution in [0, 0.1) is 11.3 Å². The van der Waals surface area contributed by atoms with Gasteiger partial charge < -0.3 is 20.1 Å². The summed E-state index contributed by atoms with van der Waals surface area (Å²) >= 11 is 6.19. The summed E-state index contributed by atoms with van der Waals surface area (Å²) in [4.78, 5) is 2.43. The van der Waals surface area contributed by atoms with Crippen molar-refractivity contribution in [1.29, 1.82) is 0 Å². The number of hydrogen-bond donors (Lipinski definition) is 2. The third-order valence-electron chi connectivity index (χ3n) is 5.79. The molecule has 24 heavy (non-hydrogen) atoms. The lowest BCUT2D eigenvalue weighted by atomic mass is 9.66. The number of nitrogens with zero attached hydrogens (tertiary/aromatic N) is 1. The second-order valence-electron chi connectivity index (χ2n) is 7.90. The molecule has 5 heteroatoms. The molecule has 2 unspecified atom stereocenters. The van der Waals surface area contributed by atoms with Crippen LogP contribution in [0.4, 0.5) is 0 Å². The number of aliphatic hydroxyl groups excluding tert-OH is 1. The van der Waals surface area contributed by atoms with Crippen molar-refractivity contribution in [1.82, 2.24) is 10.2 Å². The van der Waals surface area contributed by atoms with Crippen molar-refractivity contribution in [2.75, 3.05) is 20.7 Å². The zero-order valence-corrected chi connectivity index (χ0v) is 15.8. The monoisotopic (exact) mass is 352 g/mol. The Hall–Kier alpha value is -0.810.